The molecule has 0 aliphatic carbocycles. The molecule has 6 nitrogen and oxygen atoms in total. The molecular weight excluding hydrogens is 416 g/mol. The predicted molar refractivity (Wildman–Crippen MR) is 114 cm³/mol. The van der Waals surface area contributed by atoms with Gasteiger partial charge in [0.15, 0.2) is 18.2 Å². The second kappa shape index (κ2) is 9.55. The molecular formula is C24H21F2N3O3. The van der Waals surface area contributed by atoms with Crippen LogP contribution in [0.4, 0.5) is 8.78 Å². The Bertz CT molecular complexity index is 1110. The van der Waals surface area contributed by atoms with E-state index in [0.29, 0.717) is 25.6 Å². The van der Waals surface area contributed by atoms with E-state index in [2.05, 4.69) is 10.3 Å². The normalized spacial score (nSPS) is 15.9. The second-order valence-electron chi connectivity index (χ2n) is 7.39. The zero-order valence-electron chi connectivity index (χ0n) is 17.1. The number of hydrogen-bond donors (Lipinski definition) is 1. The summed E-state index contributed by atoms with van der Waals surface area (Å²) in [4.78, 5) is 30.7. The molecule has 32 heavy (non-hydrogen) atoms. The summed E-state index contributed by atoms with van der Waals surface area (Å²) in [6.45, 7) is 0.194. The third-order valence-corrected chi connectivity index (χ3v) is 5.29. The van der Waals surface area contributed by atoms with Crippen LogP contribution in [0.25, 0.3) is 11.1 Å². The smallest absolute Gasteiger partial charge is 0.261 e. The average molecular weight is 437 g/mol. The molecule has 164 valence electrons. The SMILES string of the molecule is O=C1NCCN(C(=O)COc2ccc(F)cc2F)C1Cc1ccc(-c2ccncc2)cc1. The van der Waals surface area contributed by atoms with Gasteiger partial charge in [-0.1, -0.05) is 24.3 Å². The van der Waals surface area contributed by atoms with Crippen molar-refractivity contribution >= 4 is 11.8 Å². The first kappa shape index (κ1) is 21.4. The van der Waals surface area contributed by atoms with E-state index < -0.39 is 30.2 Å². The van der Waals surface area contributed by atoms with E-state index in [-0.39, 0.29) is 11.7 Å². The molecule has 0 radical (unpaired) electrons. The lowest BCUT2D eigenvalue weighted by molar-refractivity contribution is -0.144. The van der Waals surface area contributed by atoms with E-state index in [9.17, 15) is 18.4 Å². The van der Waals surface area contributed by atoms with Crippen molar-refractivity contribution in [3.8, 4) is 16.9 Å². The number of piperazine rings is 1. The van der Waals surface area contributed by atoms with Gasteiger partial charge in [-0.3, -0.25) is 14.6 Å². The minimum absolute atomic E-state index is 0.218. The van der Waals surface area contributed by atoms with Gasteiger partial charge in [0.2, 0.25) is 5.91 Å². The van der Waals surface area contributed by atoms with Crippen LogP contribution < -0.4 is 10.1 Å². The lowest BCUT2D eigenvalue weighted by Gasteiger charge is -2.35. The third kappa shape index (κ3) is 4.91. The maximum absolute atomic E-state index is 13.8. The quantitative estimate of drug-likeness (QED) is 0.644. The maximum atomic E-state index is 13.8. The summed E-state index contributed by atoms with van der Waals surface area (Å²) in [5.74, 6) is -2.54. The molecule has 2 heterocycles. The standard InChI is InChI=1S/C24H21F2N3O3/c25-19-5-6-22(20(26)14-19)32-15-23(30)29-12-11-28-24(31)21(29)13-16-1-3-17(4-2-16)18-7-9-27-10-8-18/h1-10,14,21H,11-13,15H2,(H,28,31). The largest absolute Gasteiger partial charge is 0.481 e. The predicted octanol–water partition coefficient (Wildman–Crippen LogP) is 2.98. The molecule has 1 fully saturated rings. The van der Waals surface area contributed by atoms with Gasteiger partial charge >= 0.3 is 0 Å². The fourth-order valence-corrected chi connectivity index (χ4v) is 3.63. The van der Waals surface area contributed by atoms with Crippen LogP contribution in [0.2, 0.25) is 0 Å². The van der Waals surface area contributed by atoms with Crippen LogP contribution in [0.3, 0.4) is 0 Å². The Morgan fingerprint density at radius 3 is 2.50 bits per heavy atom. The third-order valence-electron chi connectivity index (χ3n) is 5.29. The Kier molecular flexibility index (Phi) is 6.39. The van der Waals surface area contributed by atoms with Crippen molar-refractivity contribution in [3.05, 3.63) is 84.2 Å². The number of pyridine rings is 1. The van der Waals surface area contributed by atoms with E-state index in [1.54, 1.807) is 12.4 Å². The first-order chi connectivity index (χ1) is 15.5. The molecule has 1 aliphatic heterocycles. The molecule has 1 aromatic heterocycles. The molecule has 4 rings (SSSR count). The van der Waals surface area contributed by atoms with Crippen LogP contribution in [0, 0.1) is 11.6 Å². The van der Waals surface area contributed by atoms with E-state index in [1.807, 2.05) is 36.4 Å². The Morgan fingerprint density at radius 1 is 1.06 bits per heavy atom. The van der Waals surface area contributed by atoms with Crippen molar-refractivity contribution in [1.82, 2.24) is 15.2 Å². The van der Waals surface area contributed by atoms with Crippen LogP contribution >= 0.6 is 0 Å². The van der Waals surface area contributed by atoms with Crippen LogP contribution in [0.5, 0.6) is 5.75 Å². The number of hydrogen-bond acceptors (Lipinski definition) is 4. The molecule has 1 aliphatic rings. The number of halogens is 2. The molecule has 0 bridgehead atoms. The van der Waals surface area contributed by atoms with E-state index >= 15 is 0 Å². The first-order valence-corrected chi connectivity index (χ1v) is 10.2. The highest BCUT2D eigenvalue weighted by Crippen LogP contribution is 2.21. The lowest BCUT2D eigenvalue weighted by atomic mass is 9.99. The van der Waals surface area contributed by atoms with Crippen molar-refractivity contribution in [2.24, 2.45) is 0 Å². The Balaban J connectivity index is 1.44. The van der Waals surface area contributed by atoms with E-state index in [0.717, 1.165) is 28.8 Å². The molecule has 2 amide bonds. The monoisotopic (exact) mass is 437 g/mol. The van der Waals surface area contributed by atoms with Crippen molar-refractivity contribution in [1.29, 1.82) is 0 Å². The molecule has 1 unspecified atom stereocenters. The molecule has 0 saturated carbocycles. The number of ether oxygens (including phenoxy) is 1. The van der Waals surface area contributed by atoms with Gasteiger partial charge in [0.25, 0.3) is 5.91 Å². The topological polar surface area (TPSA) is 71.5 Å². The molecule has 2 aromatic carbocycles. The average Bonchev–Trinajstić information content (AvgIpc) is 2.81. The number of nitrogens with zero attached hydrogens (tertiary/aromatic N) is 2. The van der Waals surface area contributed by atoms with Crippen molar-refractivity contribution in [3.63, 3.8) is 0 Å². The fourth-order valence-electron chi connectivity index (χ4n) is 3.63. The van der Waals surface area contributed by atoms with Gasteiger partial charge in [0.05, 0.1) is 0 Å². The first-order valence-electron chi connectivity index (χ1n) is 10.2. The fraction of sp³-hybridized carbons (Fsp3) is 0.208. The number of benzene rings is 2. The number of aromatic nitrogens is 1. The maximum Gasteiger partial charge on any atom is 0.261 e. The Morgan fingerprint density at radius 2 is 1.78 bits per heavy atom. The summed E-state index contributed by atoms with van der Waals surface area (Å²) in [6, 6.07) is 13.7. The Hall–Kier alpha value is -3.81. The van der Waals surface area contributed by atoms with Crippen LogP contribution in [-0.4, -0.2) is 47.4 Å². The Labute approximate surface area is 183 Å². The number of carbonyl (C=O) groups is 2. The highest BCUT2D eigenvalue weighted by atomic mass is 19.1. The van der Waals surface area contributed by atoms with Crippen LogP contribution in [-0.2, 0) is 16.0 Å². The molecule has 3 aromatic rings. The zero-order valence-corrected chi connectivity index (χ0v) is 17.1. The van der Waals surface area contributed by atoms with Crippen molar-refractivity contribution in [2.75, 3.05) is 19.7 Å². The minimum Gasteiger partial charge on any atom is -0.481 e. The van der Waals surface area contributed by atoms with Gasteiger partial charge in [-0.25, -0.2) is 8.78 Å². The van der Waals surface area contributed by atoms with Gasteiger partial charge in [0.1, 0.15) is 11.9 Å². The lowest BCUT2D eigenvalue weighted by Crippen LogP contribution is -2.58. The van der Waals surface area contributed by atoms with Gasteiger partial charge in [0, 0.05) is 38.0 Å². The molecule has 1 saturated heterocycles. The second-order valence-corrected chi connectivity index (χ2v) is 7.39. The van der Waals surface area contributed by atoms with Crippen molar-refractivity contribution in [2.45, 2.75) is 12.5 Å². The van der Waals surface area contributed by atoms with Gasteiger partial charge in [-0.15, -0.1) is 0 Å². The van der Waals surface area contributed by atoms with E-state index in [1.165, 1.54) is 4.90 Å². The highest BCUT2D eigenvalue weighted by Gasteiger charge is 2.33. The molecule has 8 heteroatoms. The summed E-state index contributed by atoms with van der Waals surface area (Å²) in [5.41, 5.74) is 2.95. The summed E-state index contributed by atoms with van der Waals surface area (Å²) in [6.07, 6.45) is 3.77. The zero-order chi connectivity index (χ0) is 22.5. The summed E-state index contributed by atoms with van der Waals surface area (Å²) < 4.78 is 32.0. The molecule has 1 atom stereocenters. The minimum atomic E-state index is -0.889. The highest BCUT2D eigenvalue weighted by molar-refractivity contribution is 5.89. The number of rotatable bonds is 6. The van der Waals surface area contributed by atoms with Crippen molar-refractivity contribution < 1.29 is 23.1 Å². The van der Waals surface area contributed by atoms with Gasteiger partial charge < -0.3 is 15.0 Å². The molecule has 1 N–H and O–H groups in total. The summed E-state index contributed by atoms with van der Waals surface area (Å²) >= 11 is 0. The van der Waals surface area contributed by atoms with Crippen LogP contribution in [0.15, 0.2) is 67.0 Å². The van der Waals surface area contributed by atoms with E-state index in [4.69, 9.17) is 4.74 Å². The molecule has 0 spiro atoms. The van der Waals surface area contributed by atoms with Gasteiger partial charge in [-0.05, 0) is 41.0 Å². The number of nitrogens with one attached hydrogen (secondary N) is 1. The number of carbonyl (C=O) groups excluding carboxylic acids is 2. The summed E-state index contributed by atoms with van der Waals surface area (Å²) in [7, 11) is 0. The summed E-state index contributed by atoms with van der Waals surface area (Å²) in [5, 5.41) is 2.78. The van der Waals surface area contributed by atoms with Crippen LogP contribution in [0.1, 0.15) is 5.56 Å². The van der Waals surface area contributed by atoms with Gasteiger partial charge in [-0.2, -0.15) is 0 Å². The number of amides is 2.